The van der Waals surface area contributed by atoms with Gasteiger partial charge in [-0.15, -0.1) is 11.3 Å². The van der Waals surface area contributed by atoms with E-state index in [1.54, 1.807) is 35.3 Å². The number of halogens is 1. The molecule has 3 heterocycles. The first-order valence-corrected chi connectivity index (χ1v) is 8.74. The van der Waals surface area contributed by atoms with Gasteiger partial charge in [0.2, 0.25) is 0 Å². The van der Waals surface area contributed by atoms with E-state index in [-0.39, 0.29) is 5.69 Å². The van der Waals surface area contributed by atoms with E-state index in [4.69, 9.17) is 11.6 Å². The van der Waals surface area contributed by atoms with Crippen molar-refractivity contribution in [2.75, 3.05) is 5.32 Å². The molecule has 0 spiro atoms. The third-order valence-corrected chi connectivity index (χ3v) is 4.80. The molecule has 130 valence electrons. The molecule has 0 saturated heterocycles. The zero-order chi connectivity index (χ0) is 18.1. The zero-order valence-corrected chi connectivity index (χ0v) is 14.7. The lowest BCUT2D eigenvalue weighted by Gasteiger charge is -2.09. The van der Waals surface area contributed by atoms with E-state index in [1.807, 2.05) is 6.07 Å². The largest absolute Gasteiger partial charge is 0.365 e. The maximum Gasteiger partial charge on any atom is 0.269 e. The number of anilines is 1. The summed E-state index contributed by atoms with van der Waals surface area (Å²) in [5, 5.41) is 19.1. The van der Waals surface area contributed by atoms with Crippen LogP contribution in [0.2, 0.25) is 4.34 Å². The van der Waals surface area contributed by atoms with Gasteiger partial charge in [0.05, 0.1) is 14.6 Å². The van der Waals surface area contributed by atoms with Crippen LogP contribution in [-0.2, 0) is 6.54 Å². The van der Waals surface area contributed by atoms with E-state index in [9.17, 15) is 10.1 Å². The minimum Gasteiger partial charge on any atom is -0.365 e. The van der Waals surface area contributed by atoms with Crippen molar-refractivity contribution in [3.05, 3.63) is 68.8 Å². The third-order valence-electron chi connectivity index (χ3n) is 3.64. The lowest BCUT2D eigenvalue weighted by molar-refractivity contribution is -0.384. The van der Waals surface area contributed by atoms with E-state index in [1.165, 1.54) is 23.5 Å². The highest BCUT2D eigenvalue weighted by Gasteiger charge is 2.13. The van der Waals surface area contributed by atoms with Crippen LogP contribution in [0.25, 0.3) is 16.2 Å². The normalized spacial score (nSPS) is 11.0. The van der Waals surface area contributed by atoms with Gasteiger partial charge in [0.1, 0.15) is 10.6 Å². The van der Waals surface area contributed by atoms with Crippen molar-refractivity contribution in [2.45, 2.75) is 6.54 Å². The Labute approximate surface area is 156 Å². The van der Waals surface area contributed by atoms with Crippen LogP contribution in [0.15, 0.2) is 48.8 Å². The molecule has 0 bridgehead atoms. The fourth-order valence-corrected chi connectivity index (χ4v) is 3.55. The predicted octanol–water partition coefficient (Wildman–Crippen LogP) is 4.05. The SMILES string of the molecule is O=[N+]([O-])c1cccc(CNc2nc(-n3cccn3)nc3sc(Cl)cc23)c1. The molecule has 0 atom stereocenters. The van der Waals surface area contributed by atoms with Gasteiger partial charge < -0.3 is 5.32 Å². The van der Waals surface area contributed by atoms with E-state index in [0.717, 1.165) is 15.8 Å². The van der Waals surface area contributed by atoms with Gasteiger partial charge in [0.15, 0.2) is 0 Å². The Morgan fingerprint density at radius 2 is 2.15 bits per heavy atom. The highest BCUT2D eigenvalue weighted by Crippen LogP contribution is 2.32. The molecule has 1 N–H and O–H groups in total. The monoisotopic (exact) mass is 386 g/mol. The van der Waals surface area contributed by atoms with Crippen molar-refractivity contribution in [2.24, 2.45) is 0 Å². The number of benzene rings is 1. The van der Waals surface area contributed by atoms with Crippen molar-refractivity contribution in [1.29, 1.82) is 0 Å². The second kappa shape index (κ2) is 6.70. The van der Waals surface area contributed by atoms with Crippen LogP contribution in [0.4, 0.5) is 11.5 Å². The maximum absolute atomic E-state index is 10.9. The Bertz CT molecular complexity index is 1100. The van der Waals surface area contributed by atoms with Crippen LogP contribution in [0, 0.1) is 10.1 Å². The number of rotatable bonds is 5. The molecule has 4 aromatic rings. The highest BCUT2D eigenvalue weighted by atomic mass is 35.5. The third kappa shape index (κ3) is 3.22. The Balaban J connectivity index is 1.69. The van der Waals surface area contributed by atoms with Crippen LogP contribution in [0.3, 0.4) is 0 Å². The second-order valence-electron chi connectivity index (χ2n) is 5.37. The molecule has 0 radical (unpaired) electrons. The topological polar surface area (TPSA) is 98.8 Å². The van der Waals surface area contributed by atoms with Crippen molar-refractivity contribution >= 4 is 44.7 Å². The molecular formula is C16H11ClN6O2S. The fraction of sp³-hybridized carbons (Fsp3) is 0.0625. The van der Waals surface area contributed by atoms with Crippen molar-refractivity contribution in [3.8, 4) is 5.95 Å². The van der Waals surface area contributed by atoms with Crippen molar-refractivity contribution in [1.82, 2.24) is 19.7 Å². The minimum atomic E-state index is -0.416. The summed E-state index contributed by atoms with van der Waals surface area (Å²) in [7, 11) is 0. The predicted molar refractivity (Wildman–Crippen MR) is 100.0 cm³/mol. The van der Waals surface area contributed by atoms with Crippen molar-refractivity contribution in [3.63, 3.8) is 0 Å². The second-order valence-corrected chi connectivity index (χ2v) is 7.03. The number of hydrogen-bond donors (Lipinski definition) is 1. The van der Waals surface area contributed by atoms with Crippen LogP contribution in [-0.4, -0.2) is 24.7 Å². The molecule has 0 aliphatic carbocycles. The highest BCUT2D eigenvalue weighted by molar-refractivity contribution is 7.22. The number of nitrogens with zero attached hydrogens (tertiary/aromatic N) is 5. The molecule has 0 saturated carbocycles. The van der Waals surface area contributed by atoms with E-state index >= 15 is 0 Å². The molecule has 3 aromatic heterocycles. The number of nitro benzene ring substituents is 1. The van der Waals surface area contributed by atoms with Gasteiger partial charge in [-0.2, -0.15) is 15.1 Å². The van der Waals surface area contributed by atoms with E-state index < -0.39 is 4.92 Å². The number of aromatic nitrogens is 4. The molecule has 0 fully saturated rings. The summed E-state index contributed by atoms with van der Waals surface area (Å²) >= 11 is 7.48. The number of nitro groups is 1. The van der Waals surface area contributed by atoms with Crippen molar-refractivity contribution < 1.29 is 4.92 Å². The quantitative estimate of drug-likeness (QED) is 0.410. The van der Waals surface area contributed by atoms with Crippen LogP contribution >= 0.6 is 22.9 Å². The van der Waals surface area contributed by atoms with Crippen LogP contribution < -0.4 is 5.32 Å². The van der Waals surface area contributed by atoms with Crippen LogP contribution in [0.5, 0.6) is 0 Å². The summed E-state index contributed by atoms with van der Waals surface area (Å²) < 4.78 is 2.16. The first-order valence-electron chi connectivity index (χ1n) is 7.54. The number of thiophene rings is 1. The summed E-state index contributed by atoms with van der Waals surface area (Å²) in [6.07, 6.45) is 3.39. The van der Waals surface area contributed by atoms with E-state index in [2.05, 4.69) is 20.4 Å². The Hall–Kier alpha value is -3.04. The van der Waals surface area contributed by atoms with Gasteiger partial charge in [0.25, 0.3) is 11.6 Å². The summed E-state index contributed by atoms with van der Waals surface area (Å²) in [5.74, 6) is 1.01. The number of hydrogen-bond acceptors (Lipinski definition) is 7. The molecule has 4 rings (SSSR count). The molecule has 26 heavy (non-hydrogen) atoms. The van der Waals surface area contributed by atoms with Gasteiger partial charge in [-0.3, -0.25) is 10.1 Å². The number of nitrogens with one attached hydrogen (secondary N) is 1. The summed E-state index contributed by atoms with van der Waals surface area (Å²) in [5.41, 5.74) is 0.820. The standard InChI is InChI=1S/C16H11ClN6O2S/c17-13-8-12-14(18-9-10-3-1-4-11(7-10)23(24)25)20-16(21-15(12)26-13)22-6-2-5-19-22/h1-8H,9H2,(H,18,20,21). The summed E-state index contributed by atoms with van der Waals surface area (Å²) in [6, 6.07) is 10.0. The maximum atomic E-state index is 10.9. The first kappa shape index (κ1) is 16.4. The Kier molecular flexibility index (Phi) is 4.23. The van der Waals surface area contributed by atoms with Crippen LogP contribution in [0.1, 0.15) is 5.56 Å². The van der Waals surface area contributed by atoms with Gasteiger partial charge in [-0.1, -0.05) is 23.7 Å². The average Bonchev–Trinajstić information content (AvgIpc) is 3.28. The summed E-state index contributed by atoms with van der Waals surface area (Å²) in [4.78, 5) is 20.2. The van der Waals surface area contributed by atoms with Gasteiger partial charge >= 0.3 is 0 Å². The molecular weight excluding hydrogens is 376 g/mol. The molecule has 0 amide bonds. The zero-order valence-electron chi connectivity index (χ0n) is 13.2. The molecule has 0 aliphatic rings. The first-order chi connectivity index (χ1) is 12.6. The van der Waals surface area contributed by atoms with E-state index in [0.29, 0.717) is 22.6 Å². The van der Waals surface area contributed by atoms with Gasteiger partial charge in [-0.25, -0.2) is 4.68 Å². The number of fused-ring (bicyclic) bond motifs is 1. The Morgan fingerprint density at radius 1 is 1.27 bits per heavy atom. The molecule has 0 aliphatic heterocycles. The molecule has 8 nitrogen and oxygen atoms in total. The van der Waals surface area contributed by atoms with Gasteiger partial charge in [-0.05, 0) is 17.7 Å². The smallest absolute Gasteiger partial charge is 0.269 e. The molecule has 1 aromatic carbocycles. The Morgan fingerprint density at radius 3 is 2.92 bits per heavy atom. The lowest BCUT2D eigenvalue weighted by Crippen LogP contribution is -2.07. The minimum absolute atomic E-state index is 0.0490. The van der Waals surface area contributed by atoms with Gasteiger partial charge in [0, 0.05) is 31.1 Å². The molecule has 0 unspecified atom stereocenters. The summed E-state index contributed by atoms with van der Waals surface area (Å²) in [6.45, 7) is 0.375. The fourth-order valence-electron chi connectivity index (χ4n) is 2.47. The molecule has 10 heteroatoms. The average molecular weight is 387 g/mol. The lowest BCUT2D eigenvalue weighted by atomic mass is 10.2. The number of non-ortho nitro benzene ring substituents is 1.